The quantitative estimate of drug-likeness (QED) is 0.635. The molecule has 0 radical (unpaired) electrons. The van der Waals surface area contributed by atoms with Crippen LogP contribution in [0.25, 0.3) is 0 Å². The van der Waals surface area contributed by atoms with Crippen molar-refractivity contribution in [1.29, 1.82) is 0 Å². The zero-order chi connectivity index (χ0) is 12.1. The monoisotopic (exact) mass is 270 g/mol. The highest BCUT2D eigenvalue weighted by molar-refractivity contribution is 7.99. The summed E-state index contributed by atoms with van der Waals surface area (Å²) in [4.78, 5) is 0. The van der Waals surface area contributed by atoms with E-state index in [1.54, 1.807) is 0 Å². The molecule has 1 aliphatic rings. The van der Waals surface area contributed by atoms with Gasteiger partial charge < -0.3 is 0 Å². The molecule has 1 saturated carbocycles. The van der Waals surface area contributed by atoms with E-state index in [2.05, 4.69) is 11.5 Å². The van der Waals surface area contributed by atoms with Crippen molar-refractivity contribution in [3.8, 4) is 0 Å². The standard InChI is InChI=1S/C13H19ClN2S/c14-11-5-3-4-10(8-11)13(16-15)9-17-12-6-1-2-7-12/h3-5,8,12-13,16H,1-2,6-7,9,15H2. The number of hydrazine groups is 1. The van der Waals surface area contributed by atoms with Gasteiger partial charge in [-0.05, 0) is 30.5 Å². The largest absolute Gasteiger partial charge is 0.271 e. The lowest BCUT2D eigenvalue weighted by Crippen LogP contribution is -2.30. The fraction of sp³-hybridized carbons (Fsp3) is 0.538. The first-order valence-corrected chi connectivity index (χ1v) is 7.55. The molecule has 1 aliphatic carbocycles. The summed E-state index contributed by atoms with van der Waals surface area (Å²) < 4.78 is 0. The van der Waals surface area contributed by atoms with Gasteiger partial charge in [-0.2, -0.15) is 11.8 Å². The summed E-state index contributed by atoms with van der Waals surface area (Å²) in [6, 6.07) is 8.12. The highest BCUT2D eigenvalue weighted by atomic mass is 35.5. The Bertz CT molecular complexity index is 353. The van der Waals surface area contributed by atoms with Crippen molar-refractivity contribution in [2.45, 2.75) is 37.0 Å². The number of rotatable bonds is 5. The summed E-state index contributed by atoms with van der Waals surface area (Å²) in [7, 11) is 0. The molecule has 1 atom stereocenters. The molecule has 0 spiro atoms. The number of hydrogen-bond acceptors (Lipinski definition) is 3. The van der Waals surface area contributed by atoms with Crippen molar-refractivity contribution in [3.05, 3.63) is 34.9 Å². The molecule has 0 saturated heterocycles. The molecule has 1 aromatic carbocycles. The first-order valence-electron chi connectivity index (χ1n) is 6.13. The molecule has 0 aliphatic heterocycles. The highest BCUT2D eigenvalue weighted by Gasteiger charge is 2.18. The van der Waals surface area contributed by atoms with Crippen molar-refractivity contribution in [1.82, 2.24) is 5.43 Å². The topological polar surface area (TPSA) is 38.0 Å². The van der Waals surface area contributed by atoms with E-state index >= 15 is 0 Å². The zero-order valence-corrected chi connectivity index (χ0v) is 11.4. The molecule has 2 rings (SSSR count). The molecule has 4 heteroatoms. The highest BCUT2D eigenvalue weighted by Crippen LogP contribution is 2.32. The third kappa shape index (κ3) is 3.88. The molecule has 94 valence electrons. The molecule has 1 aromatic rings. The Kier molecular flexibility index (Phi) is 5.16. The van der Waals surface area contributed by atoms with Crippen LogP contribution in [0.4, 0.5) is 0 Å². The second-order valence-corrected chi connectivity index (χ2v) is 6.28. The number of nitrogens with two attached hydrogens (primary N) is 1. The lowest BCUT2D eigenvalue weighted by molar-refractivity contribution is 0.609. The van der Waals surface area contributed by atoms with Crippen molar-refractivity contribution < 1.29 is 0 Å². The smallest absolute Gasteiger partial charge is 0.0551 e. The second kappa shape index (κ2) is 6.64. The lowest BCUT2D eigenvalue weighted by Gasteiger charge is -2.18. The summed E-state index contributed by atoms with van der Waals surface area (Å²) in [6.07, 6.45) is 5.49. The normalized spacial score (nSPS) is 18.5. The summed E-state index contributed by atoms with van der Waals surface area (Å²) >= 11 is 8.03. The van der Waals surface area contributed by atoms with Crippen LogP contribution < -0.4 is 11.3 Å². The minimum absolute atomic E-state index is 0.194. The van der Waals surface area contributed by atoms with Gasteiger partial charge in [0, 0.05) is 16.0 Å². The van der Waals surface area contributed by atoms with Gasteiger partial charge in [0.1, 0.15) is 0 Å². The predicted octanol–water partition coefficient (Wildman–Crippen LogP) is 3.52. The van der Waals surface area contributed by atoms with Gasteiger partial charge in [-0.3, -0.25) is 11.3 Å². The van der Waals surface area contributed by atoms with Crippen LogP contribution in [-0.4, -0.2) is 11.0 Å². The Balaban J connectivity index is 1.91. The van der Waals surface area contributed by atoms with Crippen molar-refractivity contribution >= 4 is 23.4 Å². The Morgan fingerprint density at radius 2 is 2.18 bits per heavy atom. The van der Waals surface area contributed by atoms with E-state index in [4.69, 9.17) is 17.4 Å². The number of halogens is 1. The van der Waals surface area contributed by atoms with E-state index in [1.165, 1.54) is 31.2 Å². The average molecular weight is 271 g/mol. The maximum atomic E-state index is 6.00. The molecule has 2 nitrogen and oxygen atoms in total. The minimum Gasteiger partial charge on any atom is -0.271 e. The molecule has 17 heavy (non-hydrogen) atoms. The van der Waals surface area contributed by atoms with Gasteiger partial charge in [0.25, 0.3) is 0 Å². The maximum absolute atomic E-state index is 6.00. The molecule has 0 aromatic heterocycles. The van der Waals surface area contributed by atoms with Crippen LogP contribution in [-0.2, 0) is 0 Å². The van der Waals surface area contributed by atoms with Crippen LogP contribution in [0.5, 0.6) is 0 Å². The Morgan fingerprint density at radius 1 is 1.41 bits per heavy atom. The molecular formula is C13H19ClN2S. The molecule has 3 N–H and O–H groups in total. The number of nitrogens with one attached hydrogen (secondary N) is 1. The van der Waals surface area contributed by atoms with Crippen molar-refractivity contribution in [3.63, 3.8) is 0 Å². The predicted molar refractivity (Wildman–Crippen MR) is 76.2 cm³/mol. The van der Waals surface area contributed by atoms with Crippen LogP contribution in [0.2, 0.25) is 5.02 Å². The van der Waals surface area contributed by atoms with E-state index in [1.807, 2.05) is 30.0 Å². The Morgan fingerprint density at radius 3 is 2.82 bits per heavy atom. The van der Waals surface area contributed by atoms with Crippen LogP contribution in [0.15, 0.2) is 24.3 Å². The van der Waals surface area contributed by atoms with Gasteiger partial charge >= 0.3 is 0 Å². The van der Waals surface area contributed by atoms with E-state index < -0.39 is 0 Å². The molecule has 0 amide bonds. The van der Waals surface area contributed by atoms with E-state index in [0.29, 0.717) is 0 Å². The SMILES string of the molecule is NNC(CSC1CCCC1)c1cccc(Cl)c1. The van der Waals surface area contributed by atoms with Crippen molar-refractivity contribution in [2.75, 3.05) is 5.75 Å². The molecular weight excluding hydrogens is 252 g/mol. The fourth-order valence-electron chi connectivity index (χ4n) is 2.25. The lowest BCUT2D eigenvalue weighted by atomic mass is 10.1. The van der Waals surface area contributed by atoms with Gasteiger partial charge in [-0.1, -0.05) is 36.6 Å². The molecule has 1 fully saturated rings. The third-order valence-corrected chi connectivity index (χ3v) is 4.96. The van der Waals surface area contributed by atoms with Crippen LogP contribution >= 0.6 is 23.4 Å². The fourth-order valence-corrected chi connectivity index (χ4v) is 3.87. The van der Waals surface area contributed by atoms with Gasteiger partial charge in [0.2, 0.25) is 0 Å². The summed E-state index contributed by atoms with van der Waals surface area (Å²) in [6.45, 7) is 0. The van der Waals surface area contributed by atoms with Gasteiger partial charge in [-0.15, -0.1) is 0 Å². The molecule has 1 unspecified atom stereocenters. The summed E-state index contributed by atoms with van der Waals surface area (Å²) in [5.41, 5.74) is 4.06. The minimum atomic E-state index is 0.194. The Labute approximate surface area is 112 Å². The number of hydrogen-bond donors (Lipinski definition) is 2. The van der Waals surface area contributed by atoms with E-state index in [9.17, 15) is 0 Å². The number of benzene rings is 1. The molecule has 0 heterocycles. The average Bonchev–Trinajstić information content (AvgIpc) is 2.83. The van der Waals surface area contributed by atoms with Crippen LogP contribution in [0.1, 0.15) is 37.3 Å². The number of thioether (sulfide) groups is 1. The van der Waals surface area contributed by atoms with Gasteiger partial charge in [0.15, 0.2) is 0 Å². The van der Waals surface area contributed by atoms with Gasteiger partial charge in [0.05, 0.1) is 6.04 Å². The zero-order valence-electron chi connectivity index (χ0n) is 9.86. The van der Waals surface area contributed by atoms with Crippen LogP contribution in [0.3, 0.4) is 0 Å². The first-order chi connectivity index (χ1) is 8.29. The molecule has 0 bridgehead atoms. The third-order valence-electron chi connectivity index (χ3n) is 3.25. The summed E-state index contributed by atoms with van der Waals surface area (Å²) in [5.74, 6) is 6.65. The Hall–Kier alpha value is -0.220. The van der Waals surface area contributed by atoms with E-state index in [-0.39, 0.29) is 6.04 Å². The van der Waals surface area contributed by atoms with Crippen LogP contribution in [0, 0.1) is 0 Å². The van der Waals surface area contributed by atoms with Crippen molar-refractivity contribution in [2.24, 2.45) is 5.84 Å². The van der Waals surface area contributed by atoms with E-state index in [0.717, 1.165) is 16.0 Å². The maximum Gasteiger partial charge on any atom is 0.0551 e. The first kappa shape index (κ1) is 13.2. The van der Waals surface area contributed by atoms with Gasteiger partial charge in [-0.25, -0.2) is 0 Å². The summed E-state index contributed by atoms with van der Waals surface area (Å²) in [5, 5.41) is 1.60. The second-order valence-electron chi connectivity index (χ2n) is 4.51.